The average molecular weight is 452 g/mol. The molecule has 2 aliphatic rings. The summed E-state index contributed by atoms with van der Waals surface area (Å²) in [7, 11) is 0. The van der Waals surface area contributed by atoms with Gasteiger partial charge in [0.2, 0.25) is 0 Å². The van der Waals surface area contributed by atoms with E-state index in [1.807, 2.05) is 0 Å². The zero-order valence-corrected chi connectivity index (χ0v) is 20.5. The second-order valence-electron chi connectivity index (χ2n) is 9.17. The van der Waals surface area contributed by atoms with E-state index in [9.17, 15) is 0 Å². The van der Waals surface area contributed by atoms with Gasteiger partial charge in [0, 0.05) is 0 Å². The Morgan fingerprint density at radius 2 is 1.65 bits per heavy atom. The van der Waals surface area contributed by atoms with E-state index in [2.05, 4.69) is 70.5 Å². The maximum Gasteiger partial charge on any atom is -0.147 e. The molecule has 1 aromatic carbocycles. The summed E-state index contributed by atoms with van der Waals surface area (Å²) < 4.78 is 10.0. The van der Waals surface area contributed by atoms with E-state index in [0.717, 1.165) is 5.92 Å². The minimum absolute atomic E-state index is 0. The topological polar surface area (TPSA) is 12.0 Å². The first-order chi connectivity index (χ1) is 9.55. The monoisotopic (exact) mass is 449 g/mol. The molecule has 1 N–H and O–H groups in total. The minimum Gasteiger partial charge on any atom is -0.147 e. The first-order valence-corrected chi connectivity index (χ1v) is 21.7. The molecule has 0 aromatic heterocycles. The standard InChI is InChI=1S/C12H11.C4H10N.2CH3.2ClH.H2Si.Zr/c1-2-4-11-8-12(9-5-6-9)7-10(11)3-1;1-4(2,3)5;;;;;;/h1-4,7-9H,5-6H2;5H,1-3H3;2*1H3;2*1H;1H2;/q;-1;;;;;;+1. The van der Waals surface area contributed by atoms with Gasteiger partial charge < -0.3 is 0 Å². The number of hydrogen-bond donors (Lipinski definition) is 1. The summed E-state index contributed by atoms with van der Waals surface area (Å²) in [6.07, 6.45) is 5.33. The first-order valence-electron chi connectivity index (χ1n) is 8.23. The molecule has 2 aliphatic carbocycles. The van der Waals surface area contributed by atoms with Crippen molar-refractivity contribution in [2.24, 2.45) is 5.92 Å². The molecule has 3 rings (SSSR count). The fourth-order valence-corrected chi connectivity index (χ4v) is 23.2. The smallest absolute Gasteiger partial charge is 0.147 e. The first kappa shape index (κ1) is 21.6. The molecule has 1 unspecified atom stereocenters. The van der Waals surface area contributed by atoms with Crippen molar-refractivity contribution in [2.75, 3.05) is 0 Å². The van der Waals surface area contributed by atoms with Crippen molar-refractivity contribution in [3.63, 3.8) is 0 Å². The number of halogens is 2. The van der Waals surface area contributed by atoms with Gasteiger partial charge in [0.15, 0.2) is 0 Å². The molecule has 0 aliphatic heterocycles. The van der Waals surface area contributed by atoms with Gasteiger partial charge in [-0.1, -0.05) is 0 Å². The maximum atomic E-state index is 4.15. The van der Waals surface area contributed by atoms with Gasteiger partial charge in [-0.15, -0.1) is 24.8 Å². The van der Waals surface area contributed by atoms with E-state index in [0.29, 0.717) is 3.63 Å². The third kappa shape index (κ3) is 4.61. The Kier molecular flexibility index (Phi) is 6.33. The van der Waals surface area contributed by atoms with Crippen LogP contribution in [0.2, 0.25) is 9.26 Å². The van der Waals surface area contributed by atoms with Crippen LogP contribution >= 0.6 is 24.8 Å². The second-order valence-corrected chi connectivity index (χ2v) is 37.9. The summed E-state index contributed by atoms with van der Waals surface area (Å²) in [5, 5.41) is 0. The minimum atomic E-state index is -3.04. The molecule has 0 heterocycles. The molecule has 5 heteroatoms. The fourth-order valence-electron chi connectivity index (χ4n) is 4.45. The van der Waals surface area contributed by atoms with E-state index in [1.54, 1.807) is 11.1 Å². The number of nitrogens with one attached hydrogen (secondary N) is 1. The van der Waals surface area contributed by atoms with Gasteiger partial charge in [0.25, 0.3) is 0 Å². The van der Waals surface area contributed by atoms with Crippen LogP contribution < -0.4 is 3.26 Å². The Labute approximate surface area is 156 Å². The largest absolute Gasteiger partial charge is 0.147 e. The molecule has 0 bridgehead atoms. The summed E-state index contributed by atoms with van der Waals surface area (Å²) in [5.41, 5.74) is 5.03. The van der Waals surface area contributed by atoms with Gasteiger partial charge in [-0.2, -0.15) is 0 Å². The molecule has 0 amide bonds. The van der Waals surface area contributed by atoms with Crippen LogP contribution in [0, 0.1) is 5.92 Å². The van der Waals surface area contributed by atoms with Gasteiger partial charge >= 0.3 is 133 Å². The molecular formula is C18H31Cl2NSiZr. The maximum absolute atomic E-state index is 4.15. The summed E-state index contributed by atoms with van der Waals surface area (Å²) in [6, 6.07) is 9.10. The van der Waals surface area contributed by atoms with E-state index >= 15 is 0 Å². The fraction of sp³-hybridized carbons (Fsp3) is 0.556. The third-order valence-corrected chi connectivity index (χ3v) is 18.2. The number of benzene rings is 1. The Balaban J connectivity index is 0.00000132. The van der Waals surface area contributed by atoms with E-state index in [1.165, 1.54) is 18.4 Å². The van der Waals surface area contributed by atoms with E-state index < -0.39 is 17.7 Å². The quantitative estimate of drug-likeness (QED) is 0.637. The molecule has 130 valence electrons. The normalized spacial score (nSPS) is 21.0. The summed E-state index contributed by atoms with van der Waals surface area (Å²) in [5.74, 6) is 0.863. The Bertz CT molecular complexity index is 681. The number of fused-ring (bicyclic) bond motifs is 1. The third-order valence-electron chi connectivity index (χ3n) is 4.72. The van der Waals surface area contributed by atoms with Crippen LogP contribution in [0.25, 0.3) is 6.08 Å². The van der Waals surface area contributed by atoms with Gasteiger partial charge in [-0.05, 0) is 0 Å². The Morgan fingerprint density at radius 1 is 1.09 bits per heavy atom. The number of allylic oxidation sites excluding steroid dienone is 1. The molecule has 1 fully saturated rings. The molecule has 1 nitrogen and oxygen atoms in total. The van der Waals surface area contributed by atoms with E-state index in [-0.39, 0.29) is 30.4 Å². The SMILES string of the molecule is CC(C)(C)[NH][Zr]([CH3])([CH3])(=[SiH2])[CH]1C(C2CC2)=Cc2ccccc21.Cl.Cl. The van der Waals surface area contributed by atoms with Crippen LogP contribution in [-0.2, 0) is 17.7 Å². The summed E-state index contributed by atoms with van der Waals surface area (Å²) in [6.45, 7) is 9.30. The van der Waals surface area contributed by atoms with Gasteiger partial charge in [-0.25, -0.2) is 0 Å². The van der Waals surface area contributed by atoms with Gasteiger partial charge in [0.1, 0.15) is 0 Å². The molecule has 0 saturated heterocycles. The van der Waals surface area contributed by atoms with Crippen molar-refractivity contribution in [3.05, 3.63) is 41.0 Å². The number of rotatable bonds is 3. The molecule has 0 spiro atoms. The van der Waals surface area contributed by atoms with Crippen LogP contribution in [-0.4, -0.2) is 12.4 Å². The predicted molar refractivity (Wildman–Crippen MR) is 108 cm³/mol. The Hall–Kier alpha value is 0.600. The zero-order chi connectivity index (χ0) is 15.5. The van der Waals surface area contributed by atoms with Crippen molar-refractivity contribution in [1.29, 1.82) is 0 Å². The molecule has 23 heavy (non-hydrogen) atoms. The zero-order valence-electron chi connectivity index (χ0n) is 15.0. The molecule has 1 atom stereocenters. The van der Waals surface area contributed by atoms with Crippen molar-refractivity contribution in [2.45, 2.75) is 52.0 Å². The van der Waals surface area contributed by atoms with Gasteiger partial charge in [0.05, 0.1) is 0 Å². The van der Waals surface area contributed by atoms with Crippen LogP contribution in [0.4, 0.5) is 0 Å². The van der Waals surface area contributed by atoms with Crippen molar-refractivity contribution >= 4 is 37.8 Å². The average Bonchev–Trinajstić information content (AvgIpc) is 3.04. The second kappa shape index (κ2) is 6.72. The van der Waals surface area contributed by atoms with Crippen LogP contribution in [0.5, 0.6) is 0 Å². The van der Waals surface area contributed by atoms with Crippen molar-refractivity contribution < 1.29 is 17.7 Å². The summed E-state index contributed by atoms with van der Waals surface area (Å²) >= 11 is -3.04. The van der Waals surface area contributed by atoms with Crippen LogP contribution in [0.3, 0.4) is 0 Å². The Morgan fingerprint density at radius 3 is 2.17 bits per heavy atom. The van der Waals surface area contributed by atoms with Crippen LogP contribution in [0.1, 0.15) is 48.4 Å². The molecule has 0 radical (unpaired) electrons. The van der Waals surface area contributed by atoms with Crippen LogP contribution in [0.15, 0.2) is 29.8 Å². The van der Waals surface area contributed by atoms with Crippen molar-refractivity contribution in [1.82, 2.24) is 3.26 Å². The van der Waals surface area contributed by atoms with Crippen molar-refractivity contribution in [3.8, 4) is 0 Å². The molecule has 1 aromatic rings. The van der Waals surface area contributed by atoms with Gasteiger partial charge in [-0.3, -0.25) is 0 Å². The van der Waals surface area contributed by atoms with E-state index in [4.69, 9.17) is 0 Å². The predicted octanol–water partition coefficient (Wildman–Crippen LogP) is 5.02. The summed E-state index contributed by atoms with van der Waals surface area (Å²) in [4.78, 5) is 0. The molecule has 1 saturated carbocycles. The molecular weight excluding hydrogens is 420 g/mol. The number of hydrogen-bond acceptors (Lipinski definition) is 1.